The Morgan fingerprint density at radius 1 is 1.00 bits per heavy atom. The highest BCUT2D eigenvalue weighted by Gasteiger charge is 2.65. The molecule has 0 spiro atoms. The molecule has 0 aliphatic heterocycles. The van der Waals surface area contributed by atoms with Gasteiger partial charge in [0, 0.05) is 18.9 Å². The van der Waals surface area contributed by atoms with Crippen molar-refractivity contribution in [2.75, 3.05) is 7.11 Å². The van der Waals surface area contributed by atoms with Crippen molar-refractivity contribution < 1.29 is 37.3 Å². The van der Waals surface area contributed by atoms with Gasteiger partial charge in [0.15, 0.2) is 0 Å². The fraction of sp³-hybridized carbons (Fsp3) is 0.105. The number of benzene rings is 2. The van der Waals surface area contributed by atoms with E-state index in [1.165, 1.54) is 31.5 Å². The second-order valence-corrected chi connectivity index (χ2v) is 10.6. The van der Waals surface area contributed by atoms with Crippen molar-refractivity contribution in [3.8, 4) is 22.8 Å². The Hall–Kier alpha value is -2.74. The molecule has 13 heteroatoms. The zero-order chi connectivity index (χ0) is 23.8. The number of hydrogen-bond donors (Lipinski definition) is 1. The van der Waals surface area contributed by atoms with E-state index in [1.807, 2.05) is 0 Å². The molecule has 1 heterocycles. The molecule has 6 nitrogen and oxygen atoms in total. The molecule has 3 aromatic rings. The SMILES string of the molecule is COCc1cc(-c2cccnc2Oc2ccc(S(F)(F)(F)(F)F)cc2)ccc1S(N)(=O)=O. The van der Waals surface area contributed by atoms with E-state index >= 15 is 0 Å². The van der Waals surface area contributed by atoms with Crippen molar-refractivity contribution in [3.05, 3.63) is 66.4 Å². The van der Waals surface area contributed by atoms with Crippen LogP contribution in [0.25, 0.3) is 11.1 Å². The van der Waals surface area contributed by atoms with Crippen LogP contribution in [-0.2, 0) is 21.4 Å². The Bertz CT molecular complexity index is 1270. The largest absolute Gasteiger partial charge is 0.438 e. The van der Waals surface area contributed by atoms with Crippen molar-refractivity contribution >= 4 is 20.2 Å². The van der Waals surface area contributed by atoms with Crippen molar-refractivity contribution in [3.63, 3.8) is 0 Å². The van der Waals surface area contributed by atoms with Gasteiger partial charge in [-0.15, -0.1) is 0 Å². The molecule has 174 valence electrons. The predicted octanol–water partition coefficient (Wildman–Crippen LogP) is 5.99. The molecule has 1 aromatic heterocycles. The Morgan fingerprint density at radius 2 is 1.66 bits per heavy atom. The number of aromatic nitrogens is 1. The topological polar surface area (TPSA) is 91.5 Å². The normalized spacial score (nSPS) is 14.5. The summed E-state index contributed by atoms with van der Waals surface area (Å²) in [6.45, 7) is -0.0636. The maximum absolute atomic E-state index is 12.9. The molecule has 0 fully saturated rings. The summed E-state index contributed by atoms with van der Waals surface area (Å²) in [5.74, 6) is -0.201. The monoisotopic (exact) mass is 496 g/mol. The first-order valence-electron chi connectivity index (χ1n) is 8.70. The average Bonchev–Trinajstić information content (AvgIpc) is 2.66. The first-order chi connectivity index (χ1) is 14.6. The molecule has 0 atom stereocenters. The molecule has 0 aliphatic rings. The molecule has 0 aliphatic carbocycles. The highest BCUT2D eigenvalue weighted by atomic mass is 32.5. The summed E-state index contributed by atoms with van der Waals surface area (Å²) in [5, 5.41) is 5.22. The van der Waals surface area contributed by atoms with Gasteiger partial charge in [0.2, 0.25) is 15.9 Å². The van der Waals surface area contributed by atoms with Gasteiger partial charge in [-0.2, -0.15) is 0 Å². The minimum absolute atomic E-state index is 0.0423. The van der Waals surface area contributed by atoms with Gasteiger partial charge in [-0.1, -0.05) is 25.5 Å². The van der Waals surface area contributed by atoms with Crippen LogP contribution in [0.5, 0.6) is 11.6 Å². The van der Waals surface area contributed by atoms with Gasteiger partial charge >= 0.3 is 10.2 Å². The summed E-state index contributed by atoms with van der Waals surface area (Å²) in [7, 11) is -12.4. The molecular formula is C19H17F5N2O4S2. The number of pyridine rings is 1. The van der Waals surface area contributed by atoms with Crippen LogP contribution in [0.15, 0.2) is 70.6 Å². The average molecular weight is 496 g/mol. The van der Waals surface area contributed by atoms with Crippen LogP contribution in [0.2, 0.25) is 0 Å². The number of nitrogens with zero attached hydrogens (tertiary/aromatic N) is 1. The molecule has 0 saturated heterocycles. The van der Waals surface area contributed by atoms with Crippen LogP contribution in [-0.4, -0.2) is 20.5 Å². The van der Waals surface area contributed by atoms with E-state index in [4.69, 9.17) is 14.6 Å². The second kappa shape index (κ2) is 7.40. The van der Waals surface area contributed by atoms with Gasteiger partial charge in [0.1, 0.15) is 10.6 Å². The lowest BCUT2D eigenvalue weighted by Gasteiger charge is -2.40. The first kappa shape index (κ1) is 23.9. The Morgan fingerprint density at radius 3 is 2.22 bits per heavy atom. The molecule has 0 radical (unpaired) electrons. The Labute approximate surface area is 180 Å². The van der Waals surface area contributed by atoms with E-state index in [9.17, 15) is 27.8 Å². The molecule has 0 bridgehead atoms. The third kappa shape index (κ3) is 5.54. The number of methoxy groups -OCH3 is 1. The summed E-state index contributed by atoms with van der Waals surface area (Å²) in [5.41, 5.74) is 1.08. The molecular weight excluding hydrogens is 479 g/mol. The number of primary sulfonamides is 1. The van der Waals surface area contributed by atoms with Crippen molar-refractivity contribution in [1.82, 2.24) is 4.98 Å². The number of halogens is 5. The highest BCUT2D eigenvalue weighted by molar-refractivity contribution is 8.45. The van der Waals surface area contributed by atoms with Crippen molar-refractivity contribution in [2.24, 2.45) is 5.14 Å². The third-order valence-corrected chi connectivity index (χ3v) is 6.41. The standard InChI is InChI=1S/C19H17F5N2O4S2/c1-29-12-14-11-13(4-9-18(14)31(25,27)28)17-3-2-10-26-19(17)30-15-5-7-16(8-6-15)32(20,21,22,23)24/h2-11H,12H2,1H3,(H2,25,27,28). The number of sulfonamides is 1. The van der Waals surface area contributed by atoms with E-state index in [-0.39, 0.29) is 40.8 Å². The number of ether oxygens (including phenoxy) is 2. The molecule has 3 rings (SSSR count). The van der Waals surface area contributed by atoms with E-state index in [2.05, 4.69) is 4.98 Å². The first-order valence-corrected chi connectivity index (χ1v) is 12.2. The van der Waals surface area contributed by atoms with Crippen LogP contribution in [0.1, 0.15) is 5.56 Å². The number of rotatable bonds is 7. The van der Waals surface area contributed by atoms with Crippen LogP contribution < -0.4 is 9.88 Å². The molecule has 2 N–H and O–H groups in total. The summed E-state index contributed by atoms with van der Waals surface area (Å²) in [6, 6.07) is 9.33. The van der Waals surface area contributed by atoms with Gasteiger partial charge in [0.25, 0.3) is 0 Å². The van der Waals surface area contributed by atoms with Gasteiger partial charge in [-0.25, -0.2) is 18.5 Å². The van der Waals surface area contributed by atoms with Crippen molar-refractivity contribution in [1.29, 1.82) is 0 Å². The number of hydrogen-bond acceptors (Lipinski definition) is 5. The second-order valence-electron chi connectivity index (χ2n) is 6.70. The van der Waals surface area contributed by atoms with E-state index < -0.39 is 25.1 Å². The molecule has 0 amide bonds. The fourth-order valence-corrected chi connectivity index (χ4v) is 4.25. The number of nitrogens with two attached hydrogens (primary N) is 1. The molecule has 0 unspecified atom stereocenters. The van der Waals surface area contributed by atoms with Crippen LogP contribution >= 0.6 is 10.2 Å². The lowest BCUT2D eigenvalue weighted by Crippen LogP contribution is -2.15. The Kier molecular flexibility index (Phi) is 5.53. The molecule has 2 aromatic carbocycles. The Balaban J connectivity index is 2.00. The minimum atomic E-state index is -9.80. The maximum Gasteiger partial charge on any atom is 0.310 e. The molecule has 32 heavy (non-hydrogen) atoms. The zero-order valence-corrected chi connectivity index (χ0v) is 18.0. The lowest BCUT2D eigenvalue weighted by molar-refractivity contribution is 0.182. The summed E-state index contributed by atoms with van der Waals surface area (Å²) < 4.78 is 98.6. The predicted molar refractivity (Wildman–Crippen MR) is 110 cm³/mol. The van der Waals surface area contributed by atoms with Crippen LogP contribution in [0, 0.1) is 0 Å². The quantitative estimate of drug-likeness (QED) is 0.406. The van der Waals surface area contributed by atoms with Crippen LogP contribution in [0.3, 0.4) is 0 Å². The summed E-state index contributed by atoms with van der Waals surface area (Å²) in [4.78, 5) is 1.86. The smallest absolute Gasteiger partial charge is 0.310 e. The molecule has 0 saturated carbocycles. The summed E-state index contributed by atoms with van der Waals surface area (Å²) in [6.07, 6.45) is 1.36. The van der Waals surface area contributed by atoms with Crippen molar-refractivity contribution in [2.45, 2.75) is 16.4 Å². The maximum atomic E-state index is 12.9. The third-order valence-electron chi connectivity index (χ3n) is 4.23. The van der Waals surface area contributed by atoms with Gasteiger partial charge < -0.3 is 9.47 Å². The van der Waals surface area contributed by atoms with Crippen LogP contribution in [0.4, 0.5) is 19.4 Å². The summed E-state index contributed by atoms with van der Waals surface area (Å²) >= 11 is 0. The van der Waals surface area contributed by atoms with Gasteiger partial charge in [0.05, 0.1) is 11.5 Å². The zero-order valence-electron chi connectivity index (χ0n) is 16.3. The highest BCUT2D eigenvalue weighted by Crippen LogP contribution is 3.02. The van der Waals surface area contributed by atoms with Gasteiger partial charge in [-0.05, 0) is 59.7 Å². The van der Waals surface area contributed by atoms with E-state index in [0.717, 1.165) is 12.1 Å². The van der Waals surface area contributed by atoms with E-state index in [1.54, 1.807) is 12.1 Å². The minimum Gasteiger partial charge on any atom is -0.438 e. The lowest BCUT2D eigenvalue weighted by atomic mass is 10.0. The van der Waals surface area contributed by atoms with E-state index in [0.29, 0.717) is 11.1 Å². The van der Waals surface area contributed by atoms with Gasteiger partial charge in [-0.3, -0.25) is 0 Å². The fourth-order valence-electron chi connectivity index (χ4n) is 2.86.